The maximum Gasteiger partial charge on any atom is 0.238 e. The molecule has 0 aromatic heterocycles. The number of nitrogens with zero attached hydrogens (tertiary/aromatic N) is 1. The predicted molar refractivity (Wildman–Crippen MR) is 99.1 cm³/mol. The molecular weight excluding hydrogens is 304 g/mol. The summed E-state index contributed by atoms with van der Waals surface area (Å²) in [6.45, 7) is 5.20. The molecule has 0 aliphatic carbocycles. The zero-order chi connectivity index (χ0) is 16.8. The van der Waals surface area contributed by atoms with Crippen molar-refractivity contribution in [1.29, 1.82) is 0 Å². The Balaban J connectivity index is 1.88. The maximum atomic E-state index is 12.2. The highest BCUT2D eigenvalue weighted by Gasteiger charge is 2.08. The Bertz CT molecular complexity index is 647. The molecule has 0 aliphatic heterocycles. The van der Waals surface area contributed by atoms with Gasteiger partial charge in [0.1, 0.15) is 0 Å². The standard InChI is InChI=1S/C19H24N2OS/c1-14-9-15(2)11-17(10-14)20-19(22)13-21(3)12-16-5-7-18(23-4)8-6-16/h5-11H,12-13H2,1-4H3,(H,20,22). The molecule has 0 heterocycles. The van der Waals surface area contributed by atoms with Gasteiger partial charge in [-0.3, -0.25) is 9.69 Å². The van der Waals surface area contributed by atoms with Gasteiger partial charge in [0.15, 0.2) is 0 Å². The van der Waals surface area contributed by atoms with Gasteiger partial charge in [-0.2, -0.15) is 0 Å². The number of amides is 1. The lowest BCUT2D eigenvalue weighted by atomic mass is 10.1. The summed E-state index contributed by atoms with van der Waals surface area (Å²) in [5.74, 6) is 0.0123. The summed E-state index contributed by atoms with van der Waals surface area (Å²) >= 11 is 1.73. The summed E-state index contributed by atoms with van der Waals surface area (Å²) in [5.41, 5.74) is 4.39. The number of nitrogens with one attached hydrogen (secondary N) is 1. The molecule has 4 heteroatoms. The first-order valence-corrected chi connectivity index (χ1v) is 8.88. The highest BCUT2D eigenvalue weighted by Crippen LogP contribution is 2.16. The number of hydrogen-bond acceptors (Lipinski definition) is 3. The number of likely N-dealkylation sites (N-methyl/N-ethyl adjacent to an activating group) is 1. The molecule has 0 saturated heterocycles. The molecule has 3 nitrogen and oxygen atoms in total. The molecule has 1 N–H and O–H groups in total. The van der Waals surface area contributed by atoms with Crippen LogP contribution in [0.15, 0.2) is 47.4 Å². The minimum atomic E-state index is 0.0123. The number of anilines is 1. The number of rotatable bonds is 6. The van der Waals surface area contributed by atoms with Crippen molar-refractivity contribution in [3.8, 4) is 0 Å². The first-order chi connectivity index (χ1) is 11.0. The van der Waals surface area contributed by atoms with E-state index in [2.05, 4.69) is 41.9 Å². The number of hydrogen-bond donors (Lipinski definition) is 1. The molecule has 0 radical (unpaired) electrons. The molecule has 0 spiro atoms. The number of thioether (sulfide) groups is 1. The van der Waals surface area contributed by atoms with Gasteiger partial charge in [0.25, 0.3) is 0 Å². The first kappa shape index (κ1) is 17.6. The molecule has 2 rings (SSSR count). The van der Waals surface area contributed by atoms with Gasteiger partial charge in [0.05, 0.1) is 6.54 Å². The van der Waals surface area contributed by atoms with E-state index in [1.54, 1.807) is 11.8 Å². The quantitative estimate of drug-likeness (QED) is 0.811. The van der Waals surface area contributed by atoms with Crippen molar-refractivity contribution in [3.05, 3.63) is 59.2 Å². The third-order valence-corrected chi connectivity index (χ3v) is 4.27. The van der Waals surface area contributed by atoms with Crippen LogP contribution in [0.4, 0.5) is 5.69 Å². The van der Waals surface area contributed by atoms with E-state index < -0.39 is 0 Å². The van der Waals surface area contributed by atoms with E-state index in [1.165, 1.54) is 10.5 Å². The van der Waals surface area contributed by atoms with E-state index in [1.807, 2.05) is 37.9 Å². The smallest absolute Gasteiger partial charge is 0.238 e. The van der Waals surface area contributed by atoms with Crippen LogP contribution in [0.25, 0.3) is 0 Å². The van der Waals surface area contributed by atoms with Crippen LogP contribution >= 0.6 is 11.8 Å². The Hall–Kier alpha value is -1.78. The normalized spacial score (nSPS) is 10.8. The van der Waals surface area contributed by atoms with E-state index >= 15 is 0 Å². The number of aryl methyl sites for hydroxylation is 2. The second-order valence-electron chi connectivity index (χ2n) is 5.94. The minimum absolute atomic E-state index is 0.0123. The number of carbonyl (C=O) groups excluding carboxylic acids is 1. The summed E-state index contributed by atoms with van der Waals surface area (Å²) in [6.07, 6.45) is 2.07. The van der Waals surface area contributed by atoms with Crippen molar-refractivity contribution >= 4 is 23.4 Å². The van der Waals surface area contributed by atoms with Gasteiger partial charge in [0.2, 0.25) is 5.91 Å². The van der Waals surface area contributed by atoms with Gasteiger partial charge >= 0.3 is 0 Å². The van der Waals surface area contributed by atoms with Crippen molar-refractivity contribution < 1.29 is 4.79 Å². The SMILES string of the molecule is CSc1ccc(CN(C)CC(=O)Nc2cc(C)cc(C)c2)cc1. The Morgan fingerprint density at radius 2 is 1.70 bits per heavy atom. The fourth-order valence-corrected chi connectivity index (χ4v) is 3.00. The zero-order valence-corrected chi connectivity index (χ0v) is 15.0. The van der Waals surface area contributed by atoms with Crippen LogP contribution in [0.3, 0.4) is 0 Å². The van der Waals surface area contributed by atoms with Gasteiger partial charge < -0.3 is 5.32 Å². The molecule has 122 valence electrons. The van der Waals surface area contributed by atoms with Gasteiger partial charge in [-0.15, -0.1) is 11.8 Å². The van der Waals surface area contributed by atoms with Crippen LogP contribution in [-0.2, 0) is 11.3 Å². The third kappa shape index (κ3) is 5.73. The Kier molecular flexibility index (Phi) is 6.25. The fraction of sp³-hybridized carbons (Fsp3) is 0.316. The lowest BCUT2D eigenvalue weighted by Crippen LogP contribution is -2.29. The van der Waals surface area contributed by atoms with Gasteiger partial charge in [-0.25, -0.2) is 0 Å². The second kappa shape index (κ2) is 8.18. The van der Waals surface area contributed by atoms with E-state index in [4.69, 9.17) is 0 Å². The monoisotopic (exact) mass is 328 g/mol. The fourth-order valence-electron chi connectivity index (χ4n) is 2.59. The average Bonchev–Trinajstić information content (AvgIpc) is 2.46. The molecular formula is C19H24N2OS. The van der Waals surface area contributed by atoms with Crippen molar-refractivity contribution in [3.63, 3.8) is 0 Å². The maximum absolute atomic E-state index is 12.2. The number of carbonyl (C=O) groups is 1. The van der Waals surface area contributed by atoms with Gasteiger partial charge in [0, 0.05) is 17.1 Å². The summed E-state index contributed by atoms with van der Waals surface area (Å²) in [6, 6.07) is 14.5. The molecule has 0 aliphatic rings. The molecule has 0 atom stereocenters. The molecule has 0 bridgehead atoms. The van der Waals surface area contributed by atoms with Gasteiger partial charge in [-0.05, 0) is 68.1 Å². The van der Waals surface area contributed by atoms with Crippen LogP contribution in [-0.4, -0.2) is 30.7 Å². The minimum Gasteiger partial charge on any atom is -0.325 e. The second-order valence-corrected chi connectivity index (χ2v) is 6.82. The van der Waals surface area contributed by atoms with Crippen molar-refractivity contribution in [2.75, 3.05) is 25.2 Å². The predicted octanol–water partition coefficient (Wildman–Crippen LogP) is 4.10. The molecule has 2 aromatic rings. The highest BCUT2D eigenvalue weighted by molar-refractivity contribution is 7.98. The zero-order valence-electron chi connectivity index (χ0n) is 14.2. The topological polar surface area (TPSA) is 32.3 Å². The summed E-state index contributed by atoms with van der Waals surface area (Å²) < 4.78 is 0. The largest absolute Gasteiger partial charge is 0.325 e. The average molecular weight is 328 g/mol. The van der Waals surface area contributed by atoms with E-state index in [0.29, 0.717) is 6.54 Å². The Labute approximate surface area is 143 Å². The molecule has 0 saturated carbocycles. The lowest BCUT2D eigenvalue weighted by molar-refractivity contribution is -0.117. The van der Waals surface area contributed by atoms with Crippen LogP contribution < -0.4 is 5.32 Å². The number of benzene rings is 2. The highest BCUT2D eigenvalue weighted by atomic mass is 32.2. The summed E-state index contributed by atoms with van der Waals surface area (Å²) in [7, 11) is 1.96. The molecule has 0 unspecified atom stereocenters. The molecule has 1 amide bonds. The molecule has 0 fully saturated rings. The summed E-state index contributed by atoms with van der Waals surface area (Å²) in [4.78, 5) is 15.5. The van der Waals surface area contributed by atoms with Crippen LogP contribution in [0.1, 0.15) is 16.7 Å². The van der Waals surface area contributed by atoms with Crippen LogP contribution in [0.5, 0.6) is 0 Å². The Morgan fingerprint density at radius 3 is 2.26 bits per heavy atom. The lowest BCUT2D eigenvalue weighted by Gasteiger charge is -2.17. The van der Waals surface area contributed by atoms with Crippen molar-refractivity contribution in [2.45, 2.75) is 25.3 Å². The molecule has 2 aromatic carbocycles. The van der Waals surface area contributed by atoms with Crippen molar-refractivity contribution in [1.82, 2.24) is 4.90 Å². The summed E-state index contributed by atoms with van der Waals surface area (Å²) in [5, 5.41) is 2.97. The Morgan fingerprint density at radius 1 is 1.09 bits per heavy atom. The third-order valence-electron chi connectivity index (χ3n) is 3.53. The molecule has 23 heavy (non-hydrogen) atoms. The first-order valence-electron chi connectivity index (χ1n) is 7.66. The van der Waals surface area contributed by atoms with Crippen molar-refractivity contribution in [2.24, 2.45) is 0 Å². The van der Waals surface area contributed by atoms with Crippen LogP contribution in [0, 0.1) is 13.8 Å². The van der Waals surface area contributed by atoms with Gasteiger partial charge in [-0.1, -0.05) is 18.2 Å². The van der Waals surface area contributed by atoms with Crippen LogP contribution in [0.2, 0.25) is 0 Å². The van der Waals surface area contributed by atoms with E-state index in [0.717, 1.165) is 23.4 Å². The van der Waals surface area contributed by atoms with E-state index in [9.17, 15) is 4.79 Å². The van der Waals surface area contributed by atoms with E-state index in [-0.39, 0.29) is 5.91 Å².